The molecule has 0 spiro atoms. The first-order valence-electron chi connectivity index (χ1n) is 6.23. The maximum Gasteiger partial charge on any atom is 0.416 e. The lowest BCUT2D eigenvalue weighted by Gasteiger charge is -2.18. The number of benzene rings is 1. The molecule has 0 aliphatic carbocycles. The van der Waals surface area contributed by atoms with Crippen molar-refractivity contribution in [2.24, 2.45) is 0 Å². The van der Waals surface area contributed by atoms with E-state index in [2.05, 4.69) is 10.3 Å². The Bertz CT molecular complexity index is 594. The van der Waals surface area contributed by atoms with E-state index in [1.165, 1.54) is 12.1 Å². The minimum atomic E-state index is -4.32. The largest absolute Gasteiger partial charge is 0.416 e. The molecule has 1 unspecified atom stereocenters. The van der Waals surface area contributed by atoms with Crippen LogP contribution in [0.2, 0.25) is 0 Å². The molecular formula is C15H15F3N2. The van der Waals surface area contributed by atoms with Gasteiger partial charge in [0.05, 0.1) is 16.9 Å². The van der Waals surface area contributed by atoms with Gasteiger partial charge in [0.2, 0.25) is 0 Å². The standard InChI is InChI=1S/C15H15F3N2/c1-10(20-14-7-4-8-19-11(14)2)12-5-3-6-13(9-12)15(16,17)18/h3-10,20H,1-2H3. The van der Waals surface area contributed by atoms with Crippen molar-refractivity contribution in [3.63, 3.8) is 0 Å². The summed E-state index contributed by atoms with van der Waals surface area (Å²) in [5, 5.41) is 3.18. The lowest BCUT2D eigenvalue weighted by atomic mass is 10.0. The highest BCUT2D eigenvalue weighted by atomic mass is 19.4. The molecule has 1 atom stereocenters. The zero-order chi connectivity index (χ0) is 14.8. The Balaban J connectivity index is 2.22. The Labute approximate surface area is 115 Å². The average Bonchev–Trinajstić information content (AvgIpc) is 2.40. The fourth-order valence-corrected chi connectivity index (χ4v) is 1.94. The van der Waals surface area contributed by atoms with Gasteiger partial charge in [0.1, 0.15) is 0 Å². The highest BCUT2D eigenvalue weighted by Gasteiger charge is 2.30. The Morgan fingerprint density at radius 2 is 1.90 bits per heavy atom. The smallest absolute Gasteiger partial charge is 0.377 e. The molecule has 0 saturated carbocycles. The summed E-state index contributed by atoms with van der Waals surface area (Å²) in [5.74, 6) is 0. The molecule has 1 N–H and O–H groups in total. The second kappa shape index (κ2) is 5.53. The van der Waals surface area contributed by atoms with E-state index >= 15 is 0 Å². The molecule has 1 heterocycles. The number of aryl methyl sites for hydroxylation is 1. The van der Waals surface area contributed by atoms with Crippen LogP contribution in [0.4, 0.5) is 18.9 Å². The van der Waals surface area contributed by atoms with Crippen molar-refractivity contribution >= 4 is 5.69 Å². The SMILES string of the molecule is Cc1ncccc1NC(C)c1cccc(C(F)(F)F)c1. The van der Waals surface area contributed by atoms with Gasteiger partial charge < -0.3 is 5.32 Å². The lowest BCUT2D eigenvalue weighted by molar-refractivity contribution is -0.137. The van der Waals surface area contributed by atoms with Gasteiger partial charge in [-0.15, -0.1) is 0 Å². The first-order valence-corrected chi connectivity index (χ1v) is 6.23. The van der Waals surface area contributed by atoms with Crippen LogP contribution in [0.1, 0.15) is 29.8 Å². The number of hydrogen-bond donors (Lipinski definition) is 1. The fourth-order valence-electron chi connectivity index (χ4n) is 1.94. The Morgan fingerprint density at radius 3 is 2.55 bits per heavy atom. The van der Waals surface area contributed by atoms with E-state index in [4.69, 9.17) is 0 Å². The van der Waals surface area contributed by atoms with E-state index in [0.717, 1.165) is 17.4 Å². The van der Waals surface area contributed by atoms with E-state index in [0.29, 0.717) is 5.56 Å². The third-order valence-electron chi connectivity index (χ3n) is 3.09. The van der Waals surface area contributed by atoms with Crippen molar-refractivity contribution in [2.75, 3.05) is 5.32 Å². The summed E-state index contributed by atoms with van der Waals surface area (Å²) in [5.41, 5.74) is 1.58. The quantitative estimate of drug-likeness (QED) is 0.890. The van der Waals surface area contributed by atoms with E-state index < -0.39 is 11.7 Å². The second-order valence-electron chi connectivity index (χ2n) is 4.63. The van der Waals surface area contributed by atoms with Gasteiger partial charge in [0.15, 0.2) is 0 Å². The number of halogens is 3. The molecule has 5 heteroatoms. The normalized spacial score (nSPS) is 13.1. The third kappa shape index (κ3) is 3.29. The van der Waals surface area contributed by atoms with Gasteiger partial charge in [-0.2, -0.15) is 13.2 Å². The van der Waals surface area contributed by atoms with Crippen LogP contribution in [-0.4, -0.2) is 4.98 Å². The summed E-state index contributed by atoms with van der Waals surface area (Å²) in [6.45, 7) is 3.67. The Hall–Kier alpha value is -2.04. The molecule has 1 aromatic carbocycles. The van der Waals surface area contributed by atoms with Crippen LogP contribution in [-0.2, 0) is 6.18 Å². The van der Waals surface area contributed by atoms with Gasteiger partial charge in [-0.3, -0.25) is 4.98 Å². The van der Waals surface area contributed by atoms with E-state index in [1.807, 2.05) is 19.9 Å². The summed E-state index contributed by atoms with van der Waals surface area (Å²) in [6.07, 6.45) is -2.64. The van der Waals surface area contributed by atoms with Gasteiger partial charge in [-0.25, -0.2) is 0 Å². The number of aromatic nitrogens is 1. The maximum absolute atomic E-state index is 12.7. The van der Waals surface area contributed by atoms with Gasteiger partial charge in [-0.1, -0.05) is 12.1 Å². The number of pyridine rings is 1. The third-order valence-corrected chi connectivity index (χ3v) is 3.09. The number of nitrogens with zero attached hydrogens (tertiary/aromatic N) is 1. The molecule has 0 aliphatic rings. The van der Waals surface area contributed by atoms with Crippen molar-refractivity contribution < 1.29 is 13.2 Å². The molecule has 0 saturated heterocycles. The molecule has 106 valence electrons. The number of anilines is 1. The maximum atomic E-state index is 12.7. The highest BCUT2D eigenvalue weighted by molar-refractivity contribution is 5.48. The Kier molecular flexibility index (Phi) is 3.97. The zero-order valence-electron chi connectivity index (χ0n) is 11.2. The lowest BCUT2D eigenvalue weighted by Crippen LogP contribution is -2.11. The molecule has 0 aliphatic heterocycles. The van der Waals surface area contributed by atoms with E-state index in [9.17, 15) is 13.2 Å². The molecule has 0 bridgehead atoms. The van der Waals surface area contributed by atoms with Crippen LogP contribution in [0, 0.1) is 6.92 Å². The van der Waals surface area contributed by atoms with Crippen molar-refractivity contribution in [1.29, 1.82) is 0 Å². The minimum Gasteiger partial charge on any atom is -0.377 e. The summed E-state index contributed by atoms with van der Waals surface area (Å²) < 4.78 is 38.1. The van der Waals surface area contributed by atoms with Crippen LogP contribution in [0.3, 0.4) is 0 Å². The van der Waals surface area contributed by atoms with Gasteiger partial charge in [-0.05, 0) is 43.7 Å². The first kappa shape index (κ1) is 14.4. The monoisotopic (exact) mass is 280 g/mol. The van der Waals surface area contributed by atoms with Crippen LogP contribution >= 0.6 is 0 Å². The van der Waals surface area contributed by atoms with Gasteiger partial charge in [0.25, 0.3) is 0 Å². The number of rotatable bonds is 3. The second-order valence-corrected chi connectivity index (χ2v) is 4.63. The molecule has 20 heavy (non-hydrogen) atoms. The molecule has 1 aromatic heterocycles. The van der Waals surface area contributed by atoms with Crippen molar-refractivity contribution in [2.45, 2.75) is 26.1 Å². The summed E-state index contributed by atoms with van der Waals surface area (Å²) >= 11 is 0. The number of hydrogen-bond acceptors (Lipinski definition) is 2. The fraction of sp³-hybridized carbons (Fsp3) is 0.267. The predicted molar refractivity (Wildman–Crippen MR) is 72.5 cm³/mol. The van der Waals surface area contributed by atoms with Crippen molar-refractivity contribution in [3.05, 3.63) is 59.4 Å². The van der Waals surface area contributed by atoms with Gasteiger partial charge >= 0.3 is 6.18 Å². The highest BCUT2D eigenvalue weighted by Crippen LogP contribution is 2.31. The van der Waals surface area contributed by atoms with Crippen LogP contribution < -0.4 is 5.32 Å². The zero-order valence-corrected chi connectivity index (χ0v) is 11.2. The van der Waals surface area contributed by atoms with Crippen LogP contribution in [0.25, 0.3) is 0 Å². The molecular weight excluding hydrogens is 265 g/mol. The number of alkyl halides is 3. The molecule has 0 fully saturated rings. The van der Waals surface area contributed by atoms with Crippen molar-refractivity contribution in [3.8, 4) is 0 Å². The van der Waals surface area contributed by atoms with Crippen LogP contribution in [0.15, 0.2) is 42.6 Å². The van der Waals surface area contributed by atoms with Gasteiger partial charge in [0, 0.05) is 12.2 Å². The molecule has 0 amide bonds. The average molecular weight is 280 g/mol. The topological polar surface area (TPSA) is 24.9 Å². The van der Waals surface area contributed by atoms with E-state index in [1.54, 1.807) is 18.3 Å². The molecule has 0 radical (unpaired) electrons. The number of nitrogens with one attached hydrogen (secondary N) is 1. The summed E-state index contributed by atoms with van der Waals surface area (Å²) in [4.78, 5) is 4.14. The summed E-state index contributed by atoms with van der Waals surface area (Å²) in [6, 6.07) is 8.75. The van der Waals surface area contributed by atoms with E-state index in [-0.39, 0.29) is 6.04 Å². The minimum absolute atomic E-state index is 0.236. The van der Waals surface area contributed by atoms with Crippen molar-refractivity contribution in [1.82, 2.24) is 4.98 Å². The first-order chi connectivity index (χ1) is 9.38. The Morgan fingerprint density at radius 1 is 1.15 bits per heavy atom. The molecule has 2 aromatic rings. The van der Waals surface area contributed by atoms with Crippen LogP contribution in [0.5, 0.6) is 0 Å². The summed E-state index contributed by atoms with van der Waals surface area (Å²) in [7, 11) is 0. The predicted octanol–water partition coefficient (Wildman–Crippen LogP) is 4.58. The molecule has 2 rings (SSSR count). The molecule has 2 nitrogen and oxygen atoms in total.